The summed E-state index contributed by atoms with van der Waals surface area (Å²) in [6.07, 6.45) is 7.11. The molecular formula is C37H58BCl3N4O5Si. The molecule has 14 heteroatoms. The Morgan fingerprint density at radius 1 is 0.804 bits per heavy atom. The molecule has 0 bridgehead atoms. The average Bonchev–Trinajstić information content (AvgIpc) is 3.27. The predicted molar refractivity (Wildman–Crippen MR) is 217 cm³/mol. The summed E-state index contributed by atoms with van der Waals surface area (Å²) in [5.41, 5.74) is 0.439. The molecule has 9 nitrogen and oxygen atoms in total. The number of halogens is 3. The summed E-state index contributed by atoms with van der Waals surface area (Å²) in [7, 11) is -1.89. The Labute approximate surface area is 323 Å². The Bertz CT molecular complexity index is 1410. The highest BCUT2D eigenvalue weighted by Crippen LogP contribution is 2.37. The zero-order valence-electron chi connectivity index (χ0n) is 32.2. The van der Waals surface area contributed by atoms with Gasteiger partial charge in [0.2, 0.25) is 0 Å². The Balaban J connectivity index is 0.000000222. The second-order valence-corrected chi connectivity index (χ2v) is 21.2. The van der Waals surface area contributed by atoms with Crippen molar-refractivity contribution < 1.29 is 23.2 Å². The van der Waals surface area contributed by atoms with Crippen LogP contribution in [0.5, 0.6) is 0 Å². The van der Waals surface area contributed by atoms with E-state index in [4.69, 9.17) is 63.0 Å². The van der Waals surface area contributed by atoms with Crippen LogP contribution in [0.2, 0.25) is 33.3 Å². The van der Waals surface area contributed by atoms with Gasteiger partial charge in [-0.2, -0.15) is 0 Å². The maximum absolute atomic E-state index is 6.26. The molecule has 2 aromatic rings. The minimum atomic E-state index is -1.71. The standard InChI is InChI=1S/C18H29ClN2O2Si.C10H19BO2.C9H10Cl2N2O/c1-18(2,3)24(4,5)23-10-6-7-16-13-15(19)14-17(20-16)21-8-11-22-12-9-21;1-6-7-8-11-12-9(2,3)10(4,5)13-11;10-7-5-8(11)12-9(6-7)13-1-3-14-4-2-13/h6-7,13-14H,8-12H2,1-5H3;7-8H,6H2,1-5H3;5-6H,1-4H2/b7-6+;8-7+;. The number of rotatable bonds is 8. The average molecular weight is 784 g/mol. The minimum absolute atomic E-state index is 0.176. The Morgan fingerprint density at radius 3 is 1.76 bits per heavy atom. The third-order valence-corrected chi connectivity index (χ3v) is 14.8. The van der Waals surface area contributed by atoms with Crippen molar-refractivity contribution in [3.05, 3.63) is 63.3 Å². The van der Waals surface area contributed by atoms with Crippen molar-refractivity contribution in [1.82, 2.24) is 9.97 Å². The van der Waals surface area contributed by atoms with Crippen LogP contribution in [-0.4, -0.2) is 95.8 Å². The first-order valence-electron chi connectivity index (χ1n) is 17.8. The molecule has 0 aliphatic carbocycles. The topological polar surface area (TPSA) is 78.4 Å². The summed E-state index contributed by atoms with van der Waals surface area (Å²) in [6.45, 7) is 28.5. The van der Waals surface area contributed by atoms with Crippen LogP contribution in [0.1, 0.15) is 67.5 Å². The molecule has 0 atom stereocenters. The molecule has 5 heterocycles. The molecule has 51 heavy (non-hydrogen) atoms. The number of hydrogen-bond acceptors (Lipinski definition) is 9. The first-order valence-corrected chi connectivity index (χ1v) is 21.9. The van der Waals surface area contributed by atoms with Crippen LogP contribution in [0.25, 0.3) is 6.08 Å². The number of hydrogen-bond donors (Lipinski definition) is 0. The van der Waals surface area contributed by atoms with Crippen LogP contribution < -0.4 is 9.80 Å². The molecule has 0 spiro atoms. The van der Waals surface area contributed by atoms with Gasteiger partial charge >= 0.3 is 7.12 Å². The molecule has 2 aromatic heterocycles. The zero-order chi connectivity index (χ0) is 37.9. The highest BCUT2D eigenvalue weighted by atomic mass is 35.5. The van der Waals surface area contributed by atoms with Crippen molar-refractivity contribution >= 4 is 68.0 Å². The summed E-state index contributed by atoms with van der Waals surface area (Å²) in [4.78, 5) is 13.2. The van der Waals surface area contributed by atoms with Crippen molar-refractivity contribution in [2.45, 2.75) is 91.1 Å². The second kappa shape index (κ2) is 19.6. The molecule has 3 aliphatic heterocycles. The molecule has 284 valence electrons. The van der Waals surface area contributed by atoms with Gasteiger partial charge in [0.05, 0.1) is 49.9 Å². The van der Waals surface area contributed by atoms with E-state index in [0.717, 1.165) is 76.4 Å². The normalized spacial score (nSPS) is 19.2. The molecular weight excluding hydrogens is 726 g/mol. The molecule has 0 radical (unpaired) electrons. The Kier molecular flexibility index (Phi) is 16.8. The molecule has 3 saturated heterocycles. The van der Waals surface area contributed by atoms with Gasteiger partial charge in [-0.3, -0.25) is 0 Å². The van der Waals surface area contributed by atoms with E-state index < -0.39 is 8.32 Å². The molecule has 3 aliphatic rings. The number of ether oxygens (including phenoxy) is 2. The van der Waals surface area contributed by atoms with E-state index in [1.54, 1.807) is 6.07 Å². The number of nitrogens with zero attached hydrogens (tertiary/aromatic N) is 4. The summed E-state index contributed by atoms with van der Waals surface area (Å²) >= 11 is 18.0. The number of anilines is 2. The van der Waals surface area contributed by atoms with Gasteiger partial charge in [-0.15, -0.1) is 0 Å². The lowest BCUT2D eigenvalue weighted by Gasteiger charge is -2.35. The van der Waals surface area contributed by atoms with E-state index in [2.05, 4.69) is 89.3 Å². The fraction of sp³-hybridized carbons (Fsp3) is 0.622. The van der Waals surface area contributed by atoms with Gasteiger partial charge in [-0.25, -0.2) is 9.97 Å². The first-order chi connectivity index (χ1) is 23.8. The van der Waals surface area contributed by atoms with Gasteiger partial charge in [0.25, 0.3) is 0 Å². The van der Waals surface area contributed by atoms with Gasteiger partial charge in [0.1, 0.15) is 16.8 Å². The number of allylic oxidation sites excluding steroid dienone is 1. The lowest BCUT2D eigenvalue weighted by Crippen LogP contribution is -2.41. The van der Waals surface area contributed by atoms with E-state index in [1.807, 2.05) is 36.3 Å². The molecule has 0 N–H and O–H groups in total. The van der Waals surface area contributed by atoms with Gasteiger partial charge in [-0.1, -0.05) is 80.6 Å². The van der Waals surface area contributed by atoms with Crippen molar-refractivity contribution in [2.75, 3.05) is 69.0 Å². The van der Waals surface area contributed by atoms with E-state index in [9.17, 15) is 0 Å². The fourth-order valence-electron chi connectivity index (χ4n) is 4.81. The monoisotopic (exact) mass is 782 g/mol. The SMILES string of the molecule is CC(C)(C)[Si](C)(C)OC/C=C/c1cc(Cl)cc(N2CCOCC2)n1.CC/C=C/B1OC(C)(C)C(C)(C)O1.Clc1cc(Cl)nc(N2CCOCC2)c1. The zero-order valence-corrected chi connectivity index (χ0v) is 35.5. The van der Waals surface area contributed by atoms with Gasteiger partial charge in [0, 0.05) is 36.2 Å². The molecule has 0 saturated carbocycles. The predicted octanol–water partition coefficient (Wildman–Crippen LogP) is 9.42. The Morgan fingerprint density at radius 2 is 1.29 bits per heavy atom. The third-order valence-electron chi connectivity index (χ3n) is 9.65. The summed E-state index contributed by atoms with van der Waals surface area (Å²) in [6, 6.07) is 7.25. The summed E-state index contributed by atoms with van der Waals surface area (Å²) in [5.74, 6) is 3.72. The van der Waals surface area contributed by atoms with Crippen molar-refractivity contribution in [1.29, 1.82) is 0 Å². The fourth-order valence-corrected chi connectivity index (χ4v) is 6.42. The van der Waals surface area contributed by atoms with E-state index in [0.29, 0.717) is 21.8 Å². The maximum Gasteiger partial charge on any atom is 0.486 e. The van der Waals surface area contributed by atoms with Crippen molar-refractivity contribution in [3.8, 4) is 0 Å². The van der Waals surface area contributed by atoms with Crippen molar-refractivity contribution in [3.63, 3.8) is 0 Å². The smallest absolute Gasteiger partial charge is 0.413 e. The van der Waals surface area contributed by atoms with Gasteiger partial charge in [0.15, 0.2) is 8.32 Å². The molecule has 0 aromatic carbocycles. The van der Waals surface area contributed by atoms with Crippen molar-refractivity contribution in [2.24, 2.45) is 0 Å². The summed E-state index contributed by atoms with van der Waals surface area (Å²) in [5, 5.41) is 1.97. The Hall–Kier alpha value is -1.67. The van der Waals surface area contributed by atoms with E-state index in [-0.39, 0.29) is 23.4 Å². The van der Waals surface area contributed by atoms with E-state index in [1.165, 1.54) is 0 Å². The largest absolute Gasteiger partial charge is 0.486 e. The maximum atomic E-state index is 6.26. The summed E-state index contributed by atoms with van der Waals surface area (Å²) < 4.78 is 28.3. The number of pyridine rings is 2. The molecule has 0 amide bonds. The quantitative estimate of drug-likeness (QED) is 0.192. The van der Waals surface area contributed by atoms with Crippen LogP contribution in [0.4, 0.5) is 11.6 Å². The first kappa shape index (κ1) is 43.7. The molecule has 0 unspecified atom stereocenters. The number of aromatic nitrogens is 2. The van der Waals surface area contributed by atoms with Crippen LogP contribution in [-0.2, 0) is 23.2 Å². The highest BCUT2D eigenvalue weighted by Gasteiger charge is 2.50. The van der Waals surface area contributed by atoms with Crippen LogP contribution in [0.15, 0.2) is 42.4 Å². The lowest BCUT2D eigenvalue weighted by molar-refractivity contribution is 0.00578. The second-order valence-electron chi connectivity index (χ2n) is 15.2. The lowest BCUT2D eigenvalue weighted by atomic mass is 9.90. The minimum Gasteiger partial charge on any atom is -0.413 e. The van der Waals surface area contributed by atoms with E-state index >= 15 is 0 Å². The van der Waals surface area contributed by atoms with Crippen LogP contribution in [0.3, 0.4) is 0 Å². The van der Waals surface area contributed by atoms with Crippen LogP contribution in [0, 0.1) is 0 Å². The molecule has 5 rings (SSSR count). The highest BCUT2D eigenvalue weighted by molar-refractivity contribution is 6.74. The molecule has 3 fully saturated rings. The third kappa shape index (κ3) is 13.9. The van der Waals surface area contributed by atoms with Crippen LogP contribution >= 0.6 is 34.8 Å². The van der Waals surface area contributed by atoms with Gasteiger partial charge < -0.3 is 33.0 Å². The number of morpholine rings is 2. The van der Waals surface area contributed by atoms with Gasteiger partial charge in [-0.05, 0) is 82.6 Å².